The quantitative estimate of drug-likeness (QED) is 0.482. The molecule has 3 heterocycles. The van der Waals surface area contributed by atoms with Gasteiger partial charge in [0.05, 0.1) is 25.2 Å². The largest absolute Gasteiger partial charge is 0.503 e. The first kappa shape index (κ1) is 24.0. The SMILES string of the molecule is O=C(NCc1ccc(F)c(Cl)c1F)c1cn2c(c(O)c1=O)C(=O)N(CC(F)F)[C@@H]1COCC[C@@H]12. The summed E-state index contributed by atoms with van der Waals surface area (Å²) >= 11 is 5.52. The van der Waals surface area contributed by atoms with Crippen molar-refractivity contribution in [3.8, 4) is 5.75 Å². The lowest BCUT2D eigenvalue weighted by atomic mass is 9.95. The van der Waals surface area contributed by atoms with E-state index in [-0.39, 0.29) is 25.2 Å². The Labute approximate surface area is 194 Å². The van der Waals surface area contributed by atoms with E-state index < -0.39 is 82.5 Å². The number of nitrogens with one attached hydrogen (secondary N) is 1. The minimum atomic E-state index is -2.85. The molecule has 2 aliphatic rings. The molecule has 0 spiro atoms. The van der Waals surface area contributed by atoms with Gasteiger partial charge in [0.15, 0.2) is 11.4 Å². The van der Waals surface area contributed by atoms with Gasteiger partial charge in [-0.2, -0.15) is 0 Å². The van der Waals surface area contributed by atoms with Gasteiger partial charge in [-0.15, -0.1) is 0 Å². The molecular weight excluding hydrogens is 486 g/mol. The number of alkyl halides is 2. The van der Waals surface area contributed by atoms with Crippen LogP contribution in [0.5, 0.6) is 5.75 Å². The molecule has 34 heavy (non-hydrogen) atoms. The van der Waals surface area contributed by atoms with E-state index in [9.17, 15) is 37.1 Å². The first-order valence-corrected chi connectivity index (χ1v) is 10.5. The predicted molar refractivity (Wildman–Crippen MR) is 110 cm³/mol. The van der Waals surface area contributed by atoms with Crippen molar-refractivity contribution >= 4 is 23.4 Å². The maximum Gasteiger partial charge on any atom is 0.275 e. The molecule has 182 valence electrons. The monoisotopic (exact) mass is 503 g/mol. The van der Waals surface area contributed by atoms with Crippen molar-refractivity contribution in [2.75, 3.05) is 19.8 Å². The van der Waals surface area contributed by atoms with E-state index in [0.717, 1.165) is 23.2 Å². The van der Waals surface area contributed by atoms with Crippen molar-refractivity contribution < 1.29 is 37.0 Å². The van der Waals surface area contributed by atoms with Crippen molar-refractivity contribution in [2.45, 2.75) is 31.5 Å². The summed E-state index contributed by atoms with van der Waals surface area (Å²) in [7, 11) is 0. The lowest BCUT2D eigenvalue weighted by molar-refractivity contribution is -0.0339. The van der Waals surface area contributed by atoms with Gasteiger partial charge in [0.2, 0.25) is 5.43 Å². The van der Waals surface area contributed by atoms with E-state index >= 15 is 0 Å². The fourth-order valence-electron chi connectivity index (χ4n) is 4.22. The lowest BCUT2D eigenvalue weighted by Gasteiger charge is -2.45. The second-order valence-electron chi connectivity index (χ2n) is 7.84. The van der Waals surface area contributed by atoms with Gasteiger partial charge in [-0.1, -0.05) is 17.7 Å². The fraction of sp³-hybridized carbons (Fsp3) is 0.381. The molecule has 1 aromatic heterocycles. The van der Waals surface area contributed by atoms with Crippen molar-refractivity contribution in [1.29, 1.82) is 0 Å². The lowest BCUT2D eigenvalue weighted by Crippen LogP contribution is -2.56. The highest BCUT2D eigenvalue weighted by Gasteiger charge is 2.44. The molecular formula is C21H18ClF4N3O5. The number of halogens is 5. The number of fused-ring (bicyclic) bond motifs is 3. The number of rotatable bonds is 5. The number of aromatic nitrogens is 1. The summed E-state index contributed by atoms with van der Waals surface area (Å²) in [4.78, 5) is 39.2. The fourth-order valence-corrected chi connectivity index (χ4v) is 4.40. The van der Waals surface area contributed by atoms with Crippen molar-refractivity contribution in [1.82, 2.24) is 14.8 Å². The Kier molecular flexibility index (Phi) is 6.54. The van der Waals surface area contributed by atoms with Crippen LogP contribution in [0.4, 0.5) is 17.6 Å². The normalized spacial score (nSPS) is 19.7. The molecule has 0 bridgehead atoms. The third kappa shape index (κ3) is 4.11. The van der Waals surface area contributed by atoms with Crippen molar-refractivity contribution in [2.24, 2.45) is 0 Å². The number of pyridine rings is 1. The second kappa shape index (κ2) is 9.26. The number of carbonyl (C=O) groups is 2. The number of hydrogen-bond acceptors (Lipinski definition) is 5. The number of benzene rings is 1. The summed E-state index contributed by atoms with van der Waals surface area (Å²) < 4.78 is 60.2. The van der Waals surface area contributed by atoms with Crippen LogP contribution in [0.1, 0.15) is 38.9 Å². The highest BCUT2D eigenvalue weighted by molar-refractivity contribution is 6.30. The maximum atomic E-state index is 14.1. The summed E-state index contributed by atoms with van der Waals surface area (Å²) in [6.07, 6.45) is -1.51. The van der Waals surface area contributed by atoms with Crippen LogP contribution in [0.15, 0.2) is 23.1 Å². The molecule has 1 saturated heterocycles. The smallest absolute Gasteiger partial charge is 0.275 e. The van der Waals surface area contributed by atoms with E-state index in [1.807, 2.05) is 0 Å². The van der Waals surface area contributed by atoms with Crippen LogP contribution in [-0.4, -0.2) is 58.6 Å². The zero-order chi connectivity index (χ0) is 24.7. The number of hydrogen-bond donors (Lipinski definition) is 2. The molecule has 2 amide bonds. The van der Waals surface area contributed by atoms with Crippen molar-refractivity contribution in [3.05, 3.63) is 62.0 Å². The molecule has 1 aromatic carbocycles. The van der Waals surface area contributed by atoms with E-state index in [0.29, 0.717) is 0 Å². The number of aromatic hydroxyl groups is 1. The second-order valence-corrected chi connectivity index (χ2v) is 8.22. The molecule has 0 unspecified atom stereocenters. The van der Waals surface area contributed by atoms with Crippen LogP contribution in [0.25, 0.3) is 0 Å². The van der Waals surface area contributed by atoms with Gasteiger partial charge in [-0.05, 0) is 12.5 Å². The minimum Gasteiger partial charge on any atom is -0.503 e. The zero-order valence-corrected chi connectivity index (χ0v) is 18.1. The van der Waals surface area contributed by atoms with Crippen LogP contribution in [0.2, 0.25) is 5.02 Å². The standard InChI is InChI=1S/C21H18ClF4N3O5/c22-15-11(23)2-1-9(16(15)26)5-27-20(32)10-6-28-12-3-4-34-8-13(12)29(7-14(24)25)21(33)17(28)19(31)18(10)30/h1-2,6,12-14,31H,3-5,7-8H2,(H,27,32)/t12-,13+/m0/s1. The Hall–Kier alpha value is -3.12. The Morgan fingerprint density at radius 2 is 2.00 bits per heavy atom. The number of carbonyl (C=O) groups excluding carboxylic acids is 2. The molecule has 2 aliphatic heterocycles. The Morgan fingerprint density at radius 1 is 1.26 bits per heavy atom. The summed E-state index contributed by atoms with van der Waals surface area (Å²) in [5, 5.41) is 12.0. The van der Waals surface area contributed by atoms with Gasteiger partial charge in [-0.25, -0.2) is 17.6 Å². The predicted octanol–water partition coefficient (Wildman–Crippen LogP) is 2.47. The van der Waals surface area contributed by atoms with Crippen LogP contribution < -0.4 is 10.7 Å². The molecule has 2 atom stereocenters. The summed E-state index contributed by atoms with van der Waals surface area (Å²) in [5.74, 6) is -5.11. The molecule has 0 radical (unpaired) electrons. The highest BCUT2D eigenvalue weighted by atomic mass is 35.5. The zero-order valence-electron chi connectivity index (χ0n) is 17.4. The minimum absolute atomic E-state index is 0.0401. The topological polar surface area (TPSA) is 101 Å². The molecule has 2 aromatic rings. The Balaban J connectivity index is 1.69. The van der Waals surface area contributed by atoms with Crippen LogP contribution in [-0.2, 0) is 11.3 Å². The van der Waals surface area contributed by atoms with E-state index in [1.165, 1.54) is 4.57 Å². The van der Waals surface area contributed by atoms with Gasteiger partial charge in [0.25, 0.3) is 18.2 Å². The Morgan fingerprint density at radius 3 is 2.71 bits per heavy atom. The van der Waals surface area contributed by atoms with Crippen LogP contribution in [0.3, 0.4) is 0 Å². The van der Waals surface area contributed by atoms with Gasteiger partial charge in [0, 0.05) is 24.9 Å². The summed E-state index contributed by atoms with van der Waals surface area (Å²) in [6.45, 7) is -1.17. The molecule has 2 N–H and O–H groups in total. The van der Waals surface area contributed by atoms with E-state index in [1.54, 1.807) is 0 Å². The summed E-state index contributed by atoms with van der Waals surface area (Å²) in [6, 6.07) is 0.550. The Bertz CT molecular complexity index is 1220. The van der Waals surface area contributed by atoms with E-state index in [4.69, 9.17) is 16.3 Å². The average molecular weight is 504 g/mol. The third-order valence-corrected chi connectivity index (χ3v) is 6.20. The van der Waals surface area contributed by atoms with Gasteiger partial charge < -0.3 is 24.6 Å². The highest BCUT2D eigenvalue weighted by Crippen LogP contribution is 2.35. The van der Waals surface area contributed by atoms with E-state index in [2.05, 4.69) is 5.32 Å². The van der Waals surface area contributed by atoms with Crippen LogP contribution >= 0.6 is 11.6 Å². The molecule has 0 saturated carbocycles. The van der Waals surface area contributed by atoms with Gasteiger partial charge >= 0.3 is 0 Å². The number of amides is 2. The van der Waals surface area contributed by atoms with Gasteiger partial charge in [0.1, 0.15) is 22.2 Å². The number of nitrogens with zero attached hydrogens (tertiary/aromatic N) is 2. The summed E-state index contributed by atoms with van der Waals surface area (Å²) in [5.41, 5.74) is -2.39. The third-order valence-electron chi connectivity index (χ3n) is 5.86. The van der Waals surface area contributed by atoms with Crippen molar-refractivity contribution in [3.63, 3.8) is 0 Å². The number of ether oxygens (including phenoxy) is 1. The molecule has 13 heteroatoms. The van der Waals surface area contributed by atoms with Crippen LogP contribution in [0, 0.1) is 11.6 Å². The van der Waals surface area contributed by atoms with Gasteiger partial charge in [-0.3, -0.25) is 14.4 Å². The first-order valence-electron chi connectivity index (χ1n) is 10.2. The molecule has 1 fully saturated rings. The average Bonchev–Trinajstić information content (AvgIpc) is 2.81. The molecule has 0 aliphatic carbocycles. The first-order chi connectivity index (χ1) is 16.1. The molecule has 8 nitrogen and oxygen atoms in total. The maximum absolute atomic E-state index is 14.1. The molecule has 4 rings (SSSR count).